The fraction of sp³-hybridized carbons (Fsp3) is 0.0141. The molecule has 2 aromatic heterocycles. The summed E-state index contributed by atoms with van der Waals surface area (Å²) in [5, 5.41) is 6.86. The number of para-hydroxylation sites is 2. The second-order valence-corrected chi connectivity index (χ2v) is 19.5. The van der Waals surface area contributed by atoms with Crippen molar-refractivity contribution in [3.8, 4) is 39.1 Å². The summed E-state index contributed by atoms with van der Waals surface area (Å²) in [6.07, 6.45) is 0. The van der Waals surface area contributed by atoms with Crippen molar-refractivity contribution in [2.24, 2.45) is 0 Å². The number of anilines is 3. The lowest BCUT2D eigenvalue weighted by atomic mass is 9.67. The Morgan fingerprint density at radius 1 is 0.351 bits per heavy atom. The van der Waals surface area contributed by atoms with Gasteiger partial charge >= 0.3 is 0 Å². The van der Waals surface area contributed by atoms with Gasteiger partial charge < -0.3 is 13.9 Å². The van der Waals surface area contributed by atoms with Crippen LogP contribution in [0.5, 0.6) is 0 Å². The van der Waals surface area contributed by atoms with Crippen molar-refractivity contribution >= 4 is 71.6 Å². The number of aromatic nitrogens is 1. The van der Waals surface area contributed by atoms with Gasteiger partial charge in [0, 0.05) is 38.8 Å². The van der Waals surface area contributed by atoms with Gasteiger partial charge in [-0.3, -0.25) is 0 Å². The molecule has 0 aliphatic heterocycles. The molecule has 15 rings (SSSR count). The van der Waals surface area contributed by atoms with E-state index >= 15 is 0 Å². The Balaban J connectivity index is 0.981. The molecule has 2 heterocycles. The maximum atomic E-state index is 7.38. The smallest absolute Gasteiger partial charge is 0.143 e. The van der Waals surface area contributed by atoms with Crippen LogP contribution in [0.25, 0.3) is 93.6 Å². The van der Waals surface area contributed by atoms with Gasteiger partial charge in [0.25, 0.3) is 0 Å². The molecule has 0 atom stereocenters. The summed E-state index contributed by atoms with van der Waals surface area (Å²) >= 11 is 0. The zero-order valence-electron chi connectivity index (χ0n) is 40.4. The largest absolute Gasteiger partial charge is 0.455 e. The molecule has 74 heavy (non-hydrogen) atoms. The molecular weight excluding hydrogens is 897 g/mol. The summed E-state index contributed by atoms with van der Waals surface area (Å²) in [4.78, 5) is 2.36. The maximum Gasteiger partial charge on any atom is 0.143 e. The van der Waals surface area contributed by atoms with Crippen LogP contribution in [-0.2, 0) is 5.41 Å². The van der Waals surface area contributed by atoms with E-state index in [1.54, 1.807) is 0 Å². The van der Waals surface area contributed by atoms with Crippen molar-refractivity contribution in [1.82, 2.24) is 4.57 Å². The van der Waals surface area contributed by atoms with E-state index in [0.717, 1.165) is 77.6 Å². The highest BCUT2D eigenvalue weighted by Crippen LogP contribution is 2.59. The van der Waals surface area contributed by atoms with Crippen molar-refractivity contribution in [3.05, 3.63) is 301 Å². The molecule has 12 aromatic carbocycles. The first-order chi connectivity index (χ1) is 36.7. The van der Waals surface area contributed by atoms with E-state index in [4.69, 9.17) is 4.42 Å². The topological polar surface area (TPSA) is 21.3 Å². The third-order valence-corrected chi connectivity index (χ3v) is 15.6. The molecule has 3 heteroatoms. The predicted molar refractivity (Wildman–Crippen MR) is 308 cm³/mol. The fourth-order valence-corrected chi connectivity index (χ4v) is 12.6. The third kappa shape index (κ3) is 6.20. The number of furan rings is 1. The van der Waals surface area contributed by atoms with Gasteiger partial charge in [-0.15, -0.1) is 0 Å². The van der Waals surface area contributed by atoms with E-state index in [1.165, 1.54) is 55.3 Å². The predicted octanol–water partition coefficient (Wildman–Crippen LogP) is 19.0. The molecule has 0 N–H and O–H groups in total. The van der Waals surface area contributed by atoms with Crippen molar-refractivity contribution < 1.29 is 4.42 Å². The van der Waals surface area contributed by atoms with Crippen LogP contribution in [0.4, 0.5) is 17.1 Å². The van der Waals surface area contributed by atoms with Crippen molar-refractivity contribution in [2.45, 2.75) is 5.41 Å². The minimum absolute atomic E-state index is 0.535. The first-order valence-corrected chi connectivity index (χ1v) is 25.5. The van der Waals surface area contributed by atoms with Crippen LogP contribution in [0.2, 0.25) is 0 Å². The molecule has 0 amide bonds. The SMILES string of the molecule is c1ccc(-c2ccc(N(c3ccccc3)c3ccc4c5ccccc5n(-c5cccc6oc7c(-c8cccc9c8-c8ccccc8C9(c8ccccc8)c8ccccc8)c8ccccc8cc7c56)c4c3)cc2)cc1. The lowest BCUT2D eigenvalue weighted by Gasteiger charge is -2.34. The van der Waals surface area contributed by atoms with Crippen LogP contribution in [-0.4, -0.2) is 4.57 Å². The molecule has 0 fully saturated rings. The Labute approximate surface area is 429 Å². The Kier molecular flexibility index (Phi) is 9.48. The lowest BCUT2D eigenvalue weighted by Crippen LogP contribution is -2.28. The van der Waals surface area contributed by atoms with Gasteiger partial charge in [0.05, 0.1) is 27.5 Å². The molecule has 0 radical (unpaired) electrons. The van der Waals surface area contributed by atoms with Crippen LogP contribution in [0.15, 0.2) is 283 Å². The summed E-state index contributed by atoms with van der Waals surface area (Å²) in [5.74, 6) is 0. The molecule has 1 aliphatic carbocycles. The molecule has 1 aliphatic rings. The second-order valence-electron chi connectivity index (χ2n) is 19.5. The van der Waals surface area contributed by atoms with Gasteiger partial charge in [-0.1, -0.05) is 218 Å². The molecule has 0 spiro atoms. The standard InChI is InChI=1S/C71H46N2O/c1-5-21-47(22-6-1)48-39-41-53(42-40-48)72(52-28-11-4-12-29-52)54-43-44-57-56-31-16-18-36-63(56)73(65(57)46-54)64-37-20-38-66-69(64)60-45-49-23-13-14-30-55(49)68(70(60)74-66)59-33-19-35-62-67(59)58-32-15-17-34-61(58)71(62,50-24-7-2-8-25-50)51-26-9-3-10-27-51/h1-46H. The number of hydrogen-bond donors (Lipinski definition) is 0. The minimum atomic E-state index is -0.535. The summed E-state index contributed by atoms with van der Waals surface area (Å²) < 4.78 is 9.84. The van der Waals surface area contributed by atoms with Gasteiger partial charge in [0.15, 0.2) is 0 Å². The highest BCUT2D eigenvalue weighted by molar-refractivity contribution is 6.22. The number of rotatable bonds is 8. The second kappa shape index (κ2) is 16.7. The van der Waals surface area contributed by atoms with Crippen LogP contribution < -0.4 is 4.90 Å². The zero-order valence-corrected chi connectivity index (χ0v) is 40.4. The zero-order chi connectivity index (χ0) is 48.7. The lowest BCUT2D eigenvalue weighted by molar-refractivity contribution is 0.670. The van der Waals surface area contributed by atoms with Crippen molar-refractivity contribution in [1.29, 1.82) is 0 Å². The number of nitrogens with zero attached hydrogens (tertiary/aromatic N) is 2. The van der Waals surface area contributed by atoms with E-state index in [0.29, 0.717) is 0 Å². The van der Waals surface area contributed by atoms with Gasteiger partial charge in [0.2, 0.25) is 0 Å². The molecule has 0 saturated carbocycles. The molecule has 346 valence electrons. The minimum Gasteiger partial charge on any atom is -0.455 e. The van der Waals surface area contributed by atoms with Gasteiger partial charge in [0.1, 0.15) is 11.2 Å². The third-order valence-electron chi connectivity index (χ3n) is 15.6. The van der Waals surface area contributed by atoms with Gasteiger partial charge in [-0.05, 0) is 122 Å². The Morgan fingerprint density at radius 3 is 1.69 bits per heavy atom. The molecule has 0 bridgehead atoms. The Bertz CT molecular complexity index is 4420. The highest BCUT2D eigenvalue weighted by Gasteiger charge is 2.47. The highest BCUT2D eigenvalue weighted by atomic mass is 16.3. The first-order valence-electron chi connectivity index (χ1n) is 25.5. The average molecular weight is 943 g/mol. The number of fused-ring (bicyclic) bond motifs is 10. The van der Waals surface area contributed by atoms with Crippen molar-refractivity contribution in [2.75, 3.05) is 4.90 Å². The summed E-state index contributed by atoms with van der Waals surface area (Å²) in [5.41, 5.74) is 19.9. The number of hydrogen-bond acceptors (Lipinski definition) is 2. The van der Waals surface area contributed by atoms with Gasteiger partial charge in [-0.2, -0.15) is 0 Å². The molecule has 14 aromatic rings. The molecule has 3 nitrogen and oxygen atoms in total. The number of benzene rings is 12. The van der Waals surface area contributed by atoms with E-state index in [-0.39, 0.29) is 0 Å². The van der Waals surface area contributed by atoms with E-state index in [1.807, 2.05) is 0 Å². The fourth-order valence-electron chi connectivity index (χ4n) is 12.6. The van der Waals surface area contributed by atoms with E-state index in [2.05, 4.69) is 289 Å². The molecule has 0 saturated heterocycles. The van der Waals surface area contributed by atoms with Gasteiger partial charge in [-0.25, -0.2) is 0 Å². The van der Waals surface area contributed by atoms with E-state index < -0.39 is 5.41 Å². The summed E-state index contributed by atoms with van der Waals surface area (Å²) in [6.45, 7) is 0. The maximum absolute atomic E-state index is 7.38. The first kappa shape index (κ1) is 42.0. The molecule has 0 unspecified atom stereocenters. The van der Waals surface area contributed by atoms with E-state index in [9.17, 15) is 0 Å². The van der Waals surface area contributed by atoms with Crippen LogP contribution in [0, 0.1) is 0 Å². The Morgan fingerprint density at radius 2 is 0.919 bits per heavy atom. The molecular formula is C71H46N2O. The monoisotopic (exact) mass is 942 g/mol. The quantitative estimate of drug-likeness (QED) is 0.151. The summed E-state index contributed by atoms with van der Waals surface area (Å²) in [6, 6.07) is 102. The van der Waals surface area contributed by atoms with Crippen LogP contribution >= 0.6 is 0 Å². The average Bonchev–Trinajstić information content (AvgIpc) is 4.17. The van der Waals surface area contributed by atoms with Crippen molar-refractivity contribution in [3.63, 3.8) is 0 Å². The Hall–Kier alpha value is -9.70. The van der Waals surface area contributed by atoms with Crippen LogP contribution in [0.1, 0.15) is 22.3 Å². The summed E-state index contributed by atoms with van der Waals surface area (Å²) in [7, 11) is 0. The van der Waals surface area contributed by atoms with Crippen LogP contribution in [0.3, 0.4) is 0 Å². The normalized spacial score (nSPS) is 12.7.